The van der Waals surface area contributed by atoms with Gasteiger partial charge in [0.05, 0.1) is 0 Å². The maximum atomic E-state index is 11.0. The number of nitrogens with zero attached hydrogens (tertiary/aromatic N) is 1. The Bertz CT molecular complexity index is 354. The molecule has 15 heavy (non-hydrogen) atoms. The summed E-state index contributed by atoms with van der Waals surface area (Å²) >= 11 is 0. The molecule has 0 aromatic heterocycles. The lowest BCUT2D eigenvalue weighted by Gasteiger charge is -2.15. The molecule has 0 saturated heterocycles. The van der Waals surface area contributed by atoms with E-state index in [1.165, 1.54) is 6.92 Å². The maximum Gasteiger partial charge on any atom is 0.530 e. The third-order valence-corrected chi connectivity index (χ3v) is 2.06. The zero-order valence-corrected chi connectivity index (χ0v) is 9.05. The molecule has 0 fully saturated rings. The van der Waals surface area contributed by atoms with Crippen molar-refractivity contribution in [1.29, 1.82) is 0 Å². The molecule has 1 aromatic rings. The van der Waals surface area contributed by atoms with Gasteiger partial charge in [-0.3, -0.25) is 4.79 Å². The molecular formula is C9H11NO4P+. The number of hydroxylamine groups is 2. The van der Waals surface area contributed by atoms with Crippen LogP contribution in [-0.4, -0.2) is 22.1 Å². The van der Waals surface area contributed by atoms with Crippen molar-refractivity contribution in [3.63, 3.8) is 0 Å². The molecular weight excluding hydrogens is 217 g/mol. The second-order valence-electron chi connectivity index (χ2n) is 2.80. The van der Waals surface area contributed by atoms with Crippen LogP contribution < -0.4 is 4.84 Å². The molecule has 0 aliphatic heterocycles. The van der Waals surface area contributed by atoms with Crippen LogP contribution in [0.1, 0.15) is 6.92 Å². The van der Waals surface area contributed by atoms with Crippen molar-refractivity contribution in [2.75, 3.05) is 6.29 Å². The van der Waals surface area contributed by atoms with E-state index in [0.717, 1.165) is 5.06 Å². The Balaban J connectivity index is 2.67. The van der Waals surface area contributed by atoms with E-state index in [1.807, 2.05) is 0 Å². The number of amides is 1. The Morgan fingerprint density at radius 1 is 1.47 bits per heavy atom. The Kier molecular flexibility index (Phi) is 4.21. The predicted octanol–water partition coefficient (Wildman–Crippen LogP) is 1.52. The lowest BCUT2D eigenvalue weighted by Crippen LogP contribution is -2.31. The van der Waals surface area contributed by atoms with Crippen LogP contribution >= 0.6 is 8.03 Å². The zero-order chi connectivity index (χ0) is 11.3. The highest BCUT2D eigenvalue weighted by Crippen LogP contribution is 2.18. The molecule has 6 heteroatoms. The van der Waals surface area contributed by atoms with Crippen molar-refractivity contribution in [2.45, 2.75) is 6.92 Å². The standard InChI is InChI=1S/C9H10NO4P/c1-8(11)10(7-15(12)13)14-9-5-3-2-4-6-9/h2-6H,7H2,1H3/p+1. The van der Waals surface area contributed by atoms with E-state index in [2.05, 4.69) is 0 Å². The quantitative estimate of drug-likeness (QED) is 0.626. The average molecular weight is 228 g/mol. The number of carbonyl (C=O) groups is 1. The van der Waals surface area contributed by atoms with Gasteiger partial charge in [0.15, 0.2) is 5.75 Å². The average Bonchev–Trinajstić information content (AvgIpc) is 2.17. The number of hydrogen-bond acceptors (Lipinski definition) is 3. The van der Waals surface area contributed by atoms with Crippen LogP contribution in [-0.2, 0) is 9.36 Å². The van der Waals surface area contributed by atoms with Gasteiger partial charge in [0, 0.05) is 6.92 Å². The smallest absolute Gasteiger partial charge is 0.373 e. The van der Waals surface area contributed by atoms with Crippen molar-refractivity contribution in [3.8, 4) is 5.75 Å². The molecule has 0 spiro atoms. The van der Waals surface area contributed by atoms with Gasteiger partial charge in [0.2, 0.25) is 0 Å². The summed E-state index contributed by atoms with van der Waals surface area (Å²) in [6.07, 6.45) is -0.334. The van der Waals surface area contributed by atoms with E-state index in [0.29, 0.717) is 5.75 Å². The van der Waals surface area contributed by atoms with Gasteiger partial charge in [-0.2, -0.15) is 4.89 Å². The molecule has 5 nitrogen and oxygen atoms in total. The molecule has 80 valence electrons. The van der Waals surface area contributed by atoms with Crippen LogP contribution in [0.5, 0.6) is 5.75 Å². The molecule has 0 bridgehead atoms. The molecule has 1 rings (SSSR count). The lowest BCUT2D eigenvalue weighted by atomic mass is 10.3. The first-order chi connectivity index (χ1) is 7.09. The summed E-state index contributed by atoms with van der Waals surface area (Å²) in [5.41, 5.74) is 0. The second-order valence-corrected chi connectivity index (χ2v) is 3.78. The summed E-state index contributed by atoms with van der Waals surface area (Å²) in [7, 11) is -2.44. The minimum Gasteiger partial charge on any atom is -0.373 e. The highest BCUT2D eigenvalue weighted by molar-refractivity contribution is 7.37. The fourth-order valence-electron chi connectivity index (χ4n) is 0.911. The Morgan fingerprint density at radius 2 is 2.07 bits per heavy atom. The minimum atomic E-state index is -2.44. The summed E-state index contributed by atoms with van der Waals surface area (Å²) in [6.45, 7) is 1.27. The highest BCUT2D eigenvalue weighted by Gasteiger charge is 2.22. The SMILES string of the molecule is CC(=O)N(C[P+](=O)O)Oc1ccccc1. The topological polar surface area (TPSA) is 66.8 Å². The van der Waals surface area contributed by atoms with Gasteiger partial charge in [0.25, 0.3) is 12.2 Å². The van der Waals surface area contributed by atoms with Gasteiger partial charge in [-0.1, -0.05) is 18.2 Å². The summed E-state index contributed by atoms with van der Waals surface area (Å²) in [5, 5.41) is 0.855. The van der Waals surface area contributed by atoms with E-state index in [-0.39, 0.29) is 6.29 Å². The summed E-state index contributed by atoms with van der Waals surface area (Å²) in [5.74, 6) is 0.0285. The second kappa shape index (κ2) is 5.44. The molecule has 0 aliphatic rings. The molecule has 0 saturated carbocycles. The van der Waals surface area contributed by atoms with Crippen molar-refractivity contribution in [3.05, 3.63) is 30.3 Å². The van der Waals surface area contributed by atoms with Gasteiger partial charge >= 0.3 is 8.03 Å². The first kappa shape index (κ1) is 11.6. The van der Waals surface area contributed by atoms with Gasteiger partial charge in [-0.15, -0.1) is 5.06 Å². The van der Waals surface area contributed by atoms with Crippen molar-refractivity contribution in [1.82, 2.24) is 5.06 Å². The summed E-state index contributed by atoms with van der Waals surface area (Å²) < 4.78 is 10.6. The van der Waals surface area contributed by atoms with Crippen LogP contribution in [0.25, 0.3) is 0 Å². The fraction of sp³-hybridized carbons (Fsp3) is 0.222. The zero-order valence-electron chi connectivity index (χ0n) is 8.16. The first-order valence-electron chi connectivity index (χ1n) is 4.24. The Hall–Kier alpha value is -1.45. The van der Waals surface area contributed by atoms with E-state index in [4.69, 9.17) is 9.73 Å². The van der Waals surface area contributed by atoms with E-state index in [1.54, 1.807) is 30.3 Å². The van der Waals surface area contributed by atoms with Gasteiger partial charge < -0.3 is 4.84 Å². The van der Waals surface area contributed by atoms with E-state index >= 15 is 0 Å². The van der Waals surface area contributed by atoms with Crippen molar-refractivity contribution in [2.24, 2.45) is 0 Å². The summed E-state index contributed by atoms with van der Waals surface area (Å²) in [4.78, 5) is 24.9. The molecule has 1 unspecified atom stereocenters. The molecule has 1 N–H and O–H groups in total. The van der Waals surface area contributed by atoms with Gasteiger partial charge in [0.1, 0.15) is 0 Å². The monoisotopic (exact) mass is 228 g/mol. The normalized spacial score (nSPS) is 10.7. The highest BCUT2D eigenvalue weighted by atomic mass is 31.1. The van der Waals surface area contributed by atoms with E-state index in [9.17, 15) is 9.36 Å². The first-order valence-corrected chi connectivity index (χ1v) is 5.64. The number of carbonyl (C=O) groups excluding carboxylic acids is 1. The molecule has 1 atom stereocenters. The van der Waals surface area contributed by atoms with Crippen molar-refractivity contribution < 1.29 is 19.1 Å². The van der Waals surface area contributed by atoms with Crippen LogP contribution in [0, 0.1) is 0 Å². The summed E-state index contributed by atoms with van der Waals surface area (Å²) in [6, 6.07) is 8.59. The third-order valence-electron chi connectivity index (χ3n) is 1.56. The molecule has 0 aliphatic carbocycles. The largest absolute Gasteiger partial charge is 0.530 e. The van der Waals surface area contributed by atoms with Gasteiger partial charge in [-0.25, -0.2) is 0 Å². The number of hydrogen-bond donors (Lipinski definition) is 1. The van der Waals surface area contributed by atoms with Crippen LogP contribution in [0.3, 0.4) is 0 Å². The number of para-hydroxylation sites is 1. The molecule has 0 radical (unpaired) electrons. The van der Waals surface area contributed by atoms with Crippen LogP contribution in [0.15, 0.2) is 30.3 Å². The fourth-order valence-corrected chi connectivity index (χ4v) is 1.39. The number of rotatable bonds is 4. The predicted molar refractivity (Wildman–Crippen MR) is 54.3 cm³/mol. The molecule has 0 heterocycles. The molecule has 1 aromatic carbocycles. The van der Waals surface area contributed by atoms with Crippen LogP contribution in [0.2, 0.25) is 0 Å². The van der Waals surface area contributed by atoms with Gasteiger partial charge in [-0.05, 0) is 16.7 Å². The molecule has 1 amide bonds. The number of benzene rings is 1. The minimum absolute atomic E-state index is 0.334. The van der Waals surface area contributed by atoms with Crippen LogP contribution in [0.4, 0.5) is 0 Å². The van der Waals surface area contributed by atoms with E-state index < -0.39 is 13.9 Å². The van der Waals surface area contributed by atoms with Crippen molar-refractivity contribution >= 4 is 13.9 Å². The maximum absolute atomic E-state index is 11.0. The third kappa shape index (κ3) is 4.06. The Morgan fingerprint density at radius 3 is 2.53 bits per heavy atom. The lowest BCUT2D eigenvalue weighted by molar-refractivity contribution is -0.151. The Labute approximate surface area is 88.1 Å².